The first-order chi connectivity index (χ1) is 11.0. The molecular weight excluding hydrogens is 324 g/mol. The van der Waals surface area contributed by atoms with Gasteiger partial charge in [0.1, 0.15) is 5.75 Å². The summed E-state index contributed by atoms with van der Waals surface area (Å²) in [5.41, 5.74) is 6.87. The molecule has 24 heavy (non-hydrogen) atoms. The fraction of sp³-hybridized carbons (Fsp3) is 0.632. The van der Waals surface area contributed by atoms with Crippen LogP contribution in [0.3, 0.4) is 0 Å². The van der Waals surface area contributed by atoms with Crippen LogP contribution in [0.1, 0.15) is 51.6 Å². The molecule has 1 amide bonds. The van der Waals surface area contributed by atoms with E-state index in [0.29, 0.717) is 25.0 Å². The van der Waals surface area contributed by atoms with E-state index >= 15 is 0 Å². The van der Waals surface area contributed by atoms with Gasteiger partial charge in [0.25, 0.3) is 0 Å². The van der Waals surface area contributed by atoms with Crippen molar-refractivity contribution in [3.05, 3.63) is 29.8 Å². The van der Waals surface area contributed by atoms with Crippen LogP contribution in [0.4, 0.5) is 0 Å². The summed E-state index contributed by atoms with van der Waals surface area (Å²) in [4.78, 5) is 12.5. The second-order valence-electron chi connectivity index (χ2n) is 7.04. The average molecular weight is 355 g/mol. The molecule has 136 valence electrons. The van der Waals surface area contributed by atoms with Gasteiger partial charge in [0.05, 0.1) is 12.6 Å². The van der Waals surface area contributed by atoms with E-state index in [-0.39, 0.29) is 30.3 Å². The number of carbonyl (C=O) groups excluding carboxylic acids is 1. The highest BCUT2D eigenvalue weighted by Gasteiger charge is 2.32. The van der Waals surface area contributed by atoms with E-state index in [1.165, 1.54) is 0 Å². The number of nitrogens with one attached hydrogen (secondary N) is 1. The first-order valence-electron chi connectivity index (χ1n) is 8.74. The normalized spacial score (nSPS) is 21.2. The summed E-state index contributed by atoms with van der Waals surface area (Å²) in [7, 11) is 0. The minimum absolute atomic E-state index is 0. The Kier molecular flexibility index (Phi) is 8.57. The highest BCUT2D eigenvalue weighted by atomic mass is 35.5. The predicted octanol–water partition coefficient (Wildman–Crippen LogP) is 3.70. The molecule has 3 N–H and O–H groups in total. The van der Waals surface area contributed by atoms with Gasteiger partial charge in [-0.2, -0.15) is 0 Å². The standard InChI is InChI=1S/C19H30N2O2.ClH/c1-13(2)12-23-17-9-7-15(8-10-17)14(3)21-19(22)18-6-4-5-16(18)11-20;/h7-10,13-14,16,18H,4-6,11-12,20H2,1-3H3,(H,21,22);1H/t14?,16-,18-;/m1./s1. The van der Waals surface area contributed by atoms with E-state index in [4.69, 9.17) is 10.5 Å². The number of halogens is 1. The Morgan fingerprint density at radius 2 is 1.92 bits per heavy atom. The van der Waals surface area contributed by atoms with Crippen molar-refractivity contribution in [2.45, 2.75) is 46.1 Å². The Balaban J connectivity index is 0.00000288. The third-order valence-electron chi connectivity index (χ3n) is 4.62. The lowest BCUT2D eigenvalue weighted by Gasteiger charge is -2.21. The number of rotatable bonds is 7. The molecule has 0 radical (unpaired) electrons. The molecule has 1 unspecified atom stereocenters. The Bertz CT molecular complexity index is 505. The van der Waals surface area contributed by atoms with Crippen LogP contribution in [0.5, 0.6) is 5.75 Å². The van der Waals surface area contributed by atoms with Gasteiger partial charge < -0.3 is 15.8 Å². The van der Waals surface area contributed by atoms with Crippen molar-refractivity contribution in [2.24, 2.45) is 23.5 Å². The average Bonchev–Trinajstić information content (AvgIpc) is 3.02. The SMILES string of the molecule is CC(C)COc1ccc(C(C)NC(=O)[C@@H]2CCC[C@@H]2CN)cc1.Cl. The second-order valence-corrected chi connectivity index (χ2v) is 7.04. The third-order valence-corrected chi connectivity index (χ3v) is 4.62. The van der Waals surface area contributed by atoms with Crippen LogP contribution < -0.4 is 15.8 Å². The lowest BCUT2D eigenvalue weighted by Crippen LogP contribution is -2.36. The molecule has 0 saturated heterocycles. The molecule has 1 aromatic carbocycles. The Hall–Kier alpha value is -1.26. The van der Waals surface area contributed by atoms with Crippen LogP contribution in [0.2, 0.25) is 0 Å². The summed E-state index contributed by atoms with van der Waals surface area (Å²) in [6.45, 7) is 7.60. The molecule has 1 saturated carbocycles. The van der Waals surface area contributed by atoms with Crippen molar-refractivity contribution in [2.75, 3.05) is 13.2 Å². The number of hydrogen-bond acceptors (Lipinski definition) is 3. The Morgan fingerprint density at radius 1 is 1.25 bits per heavy atom. The minimum Gasteiger partial charge on any atom is -0.493 e. The van der Waals surface area contributed by atoms with E-state index < -0.39 is 0 Å². The minimum atomic E-state index is 0. The van der Waals surface area contributed by atoms with Gasteiger partial charge in [0.2, 0.25) is 5.91 Å². The third kappa shape index (κ3) is 5.67. The van der Waals surface area contributed by atoms with Crippen LogP contribution >= 0.6 is 12.4 Å². The molecule has 2 rings (SSSR count). The monoisotopic (exact) mass is 354 g/mol. The molecule has 0 spiro atoms. The van der Waals surface area contributed by atoms with Gasteiger partial charge in [0.15, 0.2) is 0 Å². The van der Waals surface area contributed by atoms with Crippen molar-refractivity contribution in [3.8, 4) is 5.75 Å². The topological polar surface area (TPSA) is 64.3 Å². The van der Waals surface area contributed by atoms with Crippen molar-refractivity contribution in [3.63, 3.8) is 0 Å². The number of carbonyl (C=O) groups is 1. The maximum absolute atomic E-state index is 12.5. The number of ether oxygens (including phenoxy) is 1. The quantitative estimate of drug-likeness (QED) is 0.784. The molecule has 1 aromatic rings. The van der Waals surface area contributed by atoms with Gasteiger partial charge in [-0.3, -0.25) is 4.79 Å². The largest absolute Gasteiger partial charge is 0.493 e. The zero-order chi connectivity index (χ0) is 16.8. The van der Waals surface area contributed by atoms with Gasteiger partial charge in [-0.1, -0.05) is 32.4 Å². The van der Waals surface area contributed by atoms with Gasteiger partial charge in [0, 0.05) is 5.92 Å². The fourth-order valence-electron chi connectivity index (χ4n) is 3.18. The first kappa shape index (κ1) is 20.8. The maximum atomic E-state index is 12.5. The molecule has 0 heterocycles. The Labute approximate surface area is 151 Å². The summed E-state index contributed by atoms with van der Waals surface area (Å²) in [5, 5.41) is 3.14. The van der Waals surface area contributed by atoms with Crippen LogP contribution in [0.15, 0.2) is 24.3 Å². The zero-order valence-electron chi connectivity index (χ0n) is 15.0. The summed E-state index contributed by atoms with van der Waals surface area (Å²) in [5.74, 6) is 1.95. The summed E-state index contributed by atoms with van der Waals surface area (Å²) < 4.78 is 5.69. The number of nitrogens with two attached hydrogens (primary N) is 1. The molecular formula is C19H31ClN2O2. The first-order valence-corrected chi connectivity index (χ1v) is 8.74. The van der Waals surface area contributed by atoms with Crippen molar-refractivity contribution in [1.82, 2.24) is 5.32 Å². The van der Waals surface area contributed by atoms with Crippen LogP contribution in [-0.2, 0) is 4.79 Å². The fourth-order valence-corrected chi connectivity index (χ4v) is 3.18. The predicted molar refractivity (Wildman–Crippen MR) is 100 cm³/mol. The molecule has 3 atom stereocenters. The summed E-state index contributed by atoms with van der Waals surface area (Å²) in [6, 6.07) is 7.99. The lowest BCUT2D eigenvalue weighted by atomic mass is 9.94. The van der Waals surface area contributed by atoms with E-state index in [2.05, 4.69) is 19.2 Å². The zero-order valence-corrected chi connectivity index (χ0v) is 15.8. The van der Waals surface area contributed by atoms with Crippen molar-refractivity contribution >= 4 is 18.3 Å². The van der Waals surface area contributed by atoms with Crippen LogP contribution in [0.25, 0.3) is 0 Å². The van der Waals surface area contributed by atoms with E-state index in [1.807, 2.05) is 31.2 Å². The molecule has 1 aliphatic carbocycles. The van der Waals surface area contributed by atoms with Gasteiger partial charge >= 0.3 is 0 Å². The van der Waals surface area contributed by atoms with Crippen LogP contribution in [0, 0.1) is 17.8 Å². The smallest absolute Gasteiger partial charge is 0.223 e. The van der Waals surface area contributed by atoms with E-state index in [0.717, 1.165) is 30.6 Å². The maximum Gasteiger partial charge on any atom is 0.223 e. The molecule has 1 fully saturated rings. The summed E-state index contributed by atoms with van der Waals surface area (Å²) >= 11 is 0. The van der Waals surface area contributed by atoms with Gasteiger partial charge in [-0.15, -0.1) is 12.4 Å². The van der Waals surface area contributed by atoms with E-state index in [1.54, 1.807) is 0 Å². The van der Waals surface area contributed by atoms with Crippen molar-refractivity contribution < 1.29 is 9.53 Å². The molecule has 4 nitrogen and oxygen atoms in total. The molecule has 5 heteroatoms. The number of benzene rings is 1. The highest BCUT2D eigenvalue weighted by Crippen LogP contribution is 2.31. The number of hydrogen-bond donors (Lipinski definition) is 2. The number of amides is 1. The molecule has 0 aliphatic heterocycles. The van der Waals surface area contributed by atoms with Crippen LogP contribution in [-0.4, -0.2) is 19.1 Å². The van der Waals surface area contributed by atoms with Crippen molar-refractivity contribution in [1.29, 1.82) is 0 Å². The molecule has 1 aliphatic rings. The summed E-state index contributed by atoms with van der Waals surface area (Å²) in [6.07, 6.45) is 3.14. The molecule has 0 bridgehead atoms. The second kappa shape index (κ2) is 9.90. The Morgan fingerprint density at radius 3 is 2.50 bits per heavy atom. The highest BCUT2D eigenvalue weighted by molar-refractivity contribution is 5.85. The van der Waals surface area contributed by atoms with Gasteiger partial charge in [-0.25, -0.2) is 0 Å². The molecule has 0 aromatic heterocycles. The van der Waals surface area contributed by atoms with E-state index in [9.17, 15) is 4.79 Å². The van der Waals surface area contributed by atoms with Gasteiger partial charge in [-0.05, 0) is 55.8 Å². The lowest BCUT2D eigenvalue weighted by molar-refractivity contribution is -0.126.